The van der Waals surface area contributed by atoms with E-state index >= 15 is 0 Å². The van der Waals surface area contributed by atoms with E-state index < -0.39 is 0 Å². The number of aromatic amines is 1. The minimum Gasteiger partial charge on any atom is -0.350 e. The molecular weight excluding hydrogens is 324 g/mol. The Morgan fingerprint density at radius 1 is 1.42 bits per heavy atom. The van der Waals surface area contributed by atoms with Gasteiger partial charge in [-0.25, -0.2) is 4.98 Å². The third-order valence-electron chi connectivity index (χ3n) is 4.94. The van der Waals surface area contributed by atoms with Crippen LogP contribution in [0.2, 0.25) is 5.02 Å². The summed E-state index contributed by atoms with van der Waals surface area (Å²) in [5, 5.41) is 1.18. The second kappa shape index (κ2) is 6.07. The molecule has 1 unspecified atom stereocenters. The predicted molar refractivity (Wildman–Crippen MR) is 94.3 cm³/mol. The molecule has 5 nitrogen and oxygen atoms in total. The van der Waals surface area contributed by atoms with E-state index in [-0.39, 0.29) is 5.56 Å². The molecule has 0 saturated carbocycles. The molecule has 3 aromatic rings. The zero-order chi connectivity index (χ0) is 16.7. The topological polar surface area (TPSA) is 55.1 Å². The lowest BCUT2D eigenvalue weighted by molar-refractivity contribution is -0.933. The summed E-state index contributed by atoms with van der Waals surface area (Å²) in [5.74, 6) is 0.728. The van der Waals surface area contributed by atoms with Gasteiger partial charge in [-0.05, 0) is 30.3 Å². The van der Waals surface area contributed by atoms with Crippen molar-refractivity contribution in [1.82, 2.24) is 14.5 Å². The molecule has 4 rings (SSSR count). The van der Waals surface area contributed by atoms with Crippen LogP contribution in [0.1, 0.15) is 30.4 Å². The van der Waals surface area contributed by atoms with E-state index in [9.17, 15) is 4.79 Å². The number of H-pyrrole nitrogens is 1. The number of quaternary nitrogens is 1. The van der Waals surface area contributed by atoms with Crippen molar-refractivity contribution in [2.75, 3.05) is 6.54 Å². The lowest BCUT2D eigenvalue weighted by Gasteiger charge is -2.21. The number of likely N-dealkylation sites (tertiary alicyclic amines) is 1. The molecule has 1 aliphatic heterocycles. The molecule has 0 spiro atoms. The second-order valence-corrected chi connectivity index (χ2v) is 6.93. The van der Waals surface area contributed by atoms with Crippen molar-refractivity contribution < 1.29 is 4.90 Å². The van der Waals surface area contributed by atoms with Gasteiger partial charge in [-0.2, -0.15) is 0 Å². The van der Waals surface area contributed by atoms with Gasteiger partial charge in [-0.15, -0.1) is 0 Å². The van der Waals surface area contributed by atoms with E-state index in [1.54, 1.807) is 18.2 Å². The smallest absolute Gasteiger partial charge is 0.258 e. The first kappa shape index (κ1) is 15.4. The Labute approximate surface area is 144 Å². The van der Waals surface area contributed by atoms with Gasteiger partial charge in [0.25, 0.3) is 5.56 Å². The molecule has 0 amide bonds. The average Bonchev–Trinajstić information content (AvgIpc) is 3.15. The van der Waals surface area contributed by atoms with Crippen molar-refractivity contribution in [3.63, 3.8) is 0 Å². The molecular formula is C18H20ClN4O+. The first-order valence-electron chi connectivity index (χ1n) is 8.26. The number of nitrogens with one attached hydrogen (secondary N) is 2. The summed E-state index contributed by atoms with van der Waals surface area (Å²) in [4.78, 5) is 21.3. The van der Waals surface area contributed by atoms with Gasteiger partial charge in [-0.1, -0.05) is 11.6 Å². The third kappa shape index (κ3) is 2.74. The highest BCUT2D eigenvalue weighted by Gasteiger charge is 2.32. The molecule has 6 heteroatoms. The molecule has 2 N–H and O–H groups in total. The molecule has 0 radical (unpaired) electrons. The molecule has 3 heterocycles. The van der Waals surface area contributed by atoms with Crippen LogP contribution < -0.4 is 10.5 Å². The minimum atomic E-state index is -0.0966. The van der Waals surface area contributed by atoms with Crippen LogP contribution in [-0.2, 0) is 13.6 Å². The maximum absolute atomic E-state index is 12.3. The number of fused-ring (bicyclic) bond motifs is 1. The van der Waals surface area contributed by atoms with Crippen LogP contribution in [-0.4, -0.2) is 21.1 Å². The van der Waals surface area contributed by atoms with E-state index in [1.165, 1.54) is 17.0 Å². The third-order valence-corrected chi connectivity index (χ3v) is 5.17. The molecule has 2 atom stereocenters. The largest absolute Gasteiger partial charge is 0.350 e. The van der Waals surface area contributed by atoms with Crippen LogP contribution in [0.5, 0.6) is 0 Å². The van der Waals surface area contributed by atoms with Crippen molar-refractivity contribution in [2.45, 2.75) is 25.4 Å². The predicted octanol–water partition coefficient (Wildman–Crippen LogP) is 1.83. The maximum Gasteiger partial charge on any atom is 0.258 e. The second-order valence-electron chi connectivity index (χ2n) is 6.50. The van der Waals surface area contributed by atoms with Crippen molar-refractivity contribution in [3.05, 3.63) is 63.4 Å². The van der Waals surface area contributed by atoms with Gasteiger partial charge in [0.2, 0.25) is 0 Å². The SMILES string of the molecule is Cn1cccc1[C@H]1CCC[NH+]1Cc1nc2cc(Cl)ccc2c(=O)[nH]1. The summed E-state index contributed by atoms with van der Waals surface area (Å²) >= 11 is 6.04. The van der Waals surface area contributed by atoms with Gasteiger partial charge in [0.05, 0.1) is 23.1 Å². The fourth-order valence-corrected chi connectivity index (χ4v) is 3.94. The lowest BCUT2D eigenvalue weighted by atomic mass is 10.1. The van der Waals surface area contributed by atoms with Gasteiger partial charge in [0, 0.05) is 31.1 Å². The van der Waals surface area contributed by atoms with Crippen molar-refractivity contribution in [1.29, 1.82) is 0 Å². The number of aryl methyl sites for hydroxylation is 1. The summed E-state index contributed by atoms with van der Waals surface area (Å²) in [6, 6.07) is 9.92. The number of hydrogen-bond acceptors (Lipinski definition) is 2. The number of rotatable bonds is 3. The molecule has 2 aromatic heterocycles. The maximum atomic E-state index is 12.3. The van der Waals surface area contributed by atoms with E-state index in [1.807, 2.05) is 0 Å². The van der Waals surface area contributed by atoms with Crippen LogP contribution in [0.3, 0.4) is 0 Å². The van der Waals surface area contributed by atoms with Gasteiger partial charge in [-0.3, -0.25) is 4.79 Å². The Bertz CT molecular complexity index is 946. The number of nitrogens with zero attached hydrogens (tertiary/aromatic N) is 2. The van der Waals surface area contributed by atoms with E-state index in [2.05, 4.69) is 39.9 Å². The summed E-state index contributed by atoms with van der Waals surface area (Å²) in [6.07, 6.45) is 4.44. The first-order valence-corrected chi connectivity index (χ1v) is 8.64. The normalized spacial score (nSPS) is 20.8. The Balaban J connectivity index is 1.66. The van der Waals surface area contributed by atoms with Crippen LogP contribution in [0, 0.1) is 0 Å². The Hall–Kier alpha value is -2.11. The van der Waals surface area contributed by atoms with E-state index in [0.29, 0.717) is 28.5 Å². The molecule has 0 bridgehead atoms. The Kier molecular flexibility index (Phi) is 3.90. The van der Waals surface area contributed by atoms with Crippen LogP contribution in [0.25, 0.3) is 10.9 Å². The number of aromatic nitrogens is 3. The quantitative estimate of drug-likeness (QED) is 0.762. The van der Waals surface area contributed by atoms with E-state index in [4.69, 9.17) is 11.6 Å². The Morgan fingerprint density at radius 2 is 2.29 bits per heavy atom. The zero-order valence-corrected chi connectivity index (χ0v) is 14.3. The standard InChI is InChI=1S/C18H19ClN4O/c1-22-8-2-4-15(22)16-5-3-9-23(16)11-17-20-14-10-12(19)6-7-13(14)18(24)21-17/h2,4,6-8,10,16H,3,5,9,11H2,1H3,(H,20,21,24)/p+1/t16-/m1/s1. The molecule has 1 aromatic carbocycles. The number of hydrogen-bond donors (Lipinski definition) is 2. The van der Waals surface area contributed by atoms with Gasteiger partial charge in [0.1, 0.15) is 12.6 Å². The number of halogens is 1. The monoisotopic (exact) mass is 343 g/mol. The van der Waals surface area contributed by atoms with Crippen LogP contribution >= 0.6 is 11.6 Å². The lowest BCUT2D eigenvalue weighted by Crippen LogP contribution is -3.09. The highest BCUT2D eigenvalue weighted by atomic mass is 35.5. The fourth-order valence-electron chi connectivity index (χ4n) is 3.78. The molecule has 1 aliphatic rings. The summed E-state index contributed by atoms with van der Waals surface area (Å²) in [6.45, 7) is 1.81. The highest BCUT2D eigenvalue weighted by Crippen LogP contribution is 2.19. The van der Waals surface area contributed by atoms with Crippen molar-refractivity contribution >= 4 is 22.5 Å². The van der Waals surface area contributed by atoms with Gasteiger partial charge in [0.15, 0.2) is 5.82 Å². The van der Waals surface area contributed by atoms with Crippen molar-refractivity contribution in [3.8, 4) is 0 Å². The Morgan fingerprint density at radius 3 is 3.08 bits per heavy atom. The van der Waals surface area contributed by atoms with E-state index in [0.717, 1.165) is 18.8 Å². The summed E-state index contributed by atoms with van der Waals surface area (Å²) in [7, 11) is 2.09. The van der Waals surface area contributed by atoms with Crippen LogP contribution in [0.15, 0.2) is 41.3 Å². The average molecular weight is 344 g/mol. The first-order chi connectivity index (χ1) is 11.6. The molecule has 0 aliphatic carbocycles. The van der Waals surface area contributed by atoms with Crippen LogP contribution in [0.4, 0.5) is 0 Å². The molecule has 1 saturated heterocycles. The zero-order valence-electron chi connectivity index (χ0n) is 13.6. The fraction of sp³-hybridized carbons (Fsp3) is 0.333. The summed E-state index contributed by atoms with van der Waals surface area (Å²) < 4.78 is 2.19. The highest BCUT2D eigenvalue weighted by molar-refractivity contribution is 6.31. The van der Waals surface area contributed by atoms with Gasteiger partial charge < -0.3 is 14.5 Å². The molecule has 1 fully saturated rings. The number of benzene rings is 1. The van der Waals surface area contributed by atoms with Crippen molar-refractivity contribution in [2.24, 2.45) is 7.05 Å². The molecule has 124 valence electrons. The molecule has 24 heavy (non-hydrogen) atoms. The summed E-state index contributed by atoms with van der Waals surface area (Å²) in [5.41, 5.74) is 1.91. The van der Waals surface area contributed by atoms with Gasteiger partial charge >= 0.3 is 0 Å². The minimum absolute atomic E-state index is 0.0966.